The largest absolute Gasteiger partial charge is 0.379 e. The zero-order valence-electron chi connectivity index (χ0n) is 9.50. The maximum atomic E-state index is 12.9. The summed E-state index contributed by atoms with van der Waals surface area (Å²) in [7, 11) is 0. The van der Waals surface area contributed by atoms with E-state index < -0.39 is 0 Å². The van der Waals surface area contributed by atoms with Crippen LogP contribution in [0.3, 0.4) is 0 Å². The lowest BCUT2D eigenvalue weighted by Crippen LogP contribution is -2.45. The first-order valence-corrected chi connectivity index (χ1v) is 5.57. The summed E-state index contributed by atoms with van der Waals surface area (Å²) in [4.78, 5) is 0. The molecule has 0 bridgehead atoms. The predicted molar refractivity (Wildman–Crippen MR) is 60.4 cm³/mol. The Balaban J connectivity index is 1.88. The molecular weight excluding hydrogens is 207 g/mol. The van der Waals surface area contributed by atoms with Crippen LogP contribution in [0.1, 0.15) is 11.1 Å². The number of nitrogens with one attached hydrogen (secondary N) is 1. The molecule has 16 heavy (non-hydrogen) atoms. The Morgan fingerprint density at radius 2 is 2.12 bits per heavy atom. The molecule has 1 saturated heterocycles. The molecule has 1 aromatic carbocycles. The molecule has 3 nitrogen and oxygen atoms in total. The molecule has 1 heterocycles. The van der Waals surface area contributed by atoms with Gasteiger partial charge in [0.05, 0.1) is 13.2 Å². The van der Waals surface area contributed by atoms with Crippen molar-refractivity contribution in [3.8, 4) is 0 Å². The minimum atomic E-state index is -0.173. The summed E-state index contributed by atoms with van der Waals surface area (Å²) in [5.41, 5.74) is 5.45. The van der Waals surface area contributed by atoms with E-state index in [1.165, 1.54) is 6.07 Å². The number of aryl methyl sites for hydroxylation is 1. The van der Waals surface area contributed by atoms with Crippen molar-refractivity contribution in [2.75, 3.05) is 26.3 Å². The van der Waals surface area contributed by atoms with Crippen molar-refractivity contribution in [2.24, 2.45) is 0 Å². The van der Waals surface area contributed by atoms with Crippen LogP contribution in [0.2, 0.25) is 0 Å². The van der Waals surface area contributed by atoms with E-state index in [9.17, 15) is 4.39 Å². The molecule has 1 aromatic rings. The molecule has 1 aliphatic heterocycles. The standard InChI is InChI=1S/C12H17FN2O/c1-10-8-12(13)3-2-11(10)9-14-15-4-6-16-7-5-15/h2-3,8,14H,4-7,9H2,1H3. The van der Waals surface area contributed by atoms with E-state index in [1.54, 1.807) is 6.07 Å². The monoisotopic (exact) mass is 224 g/mol. The van der Waals surface area contributed by atoms with Crippen molar-refractivity contribution >= 4 is 0 Å². The second-order valence-corrected chi connectivity index (χ2v) is 4.01. The Morgan fingerprint density at radius 3 is 2.81 bits per heavy atom. The highest BCUT2D eigenvalue weighted by Crippen LogP contribution is 2.10. The van der Waals surface area contributed by atoms with Gasteiger partial charge in [-0.2, -0.15) is 0 Å². The van der Waals surface area contributed by atoms with Gasteiger partial charge in [0, 0.05) is 19.6 Å². The molecule has 0 aromatic heterocycles. The number of rotatable bonds is 3. The number of hydrogen-bond acceptors (Lipinski definition) is 3. The molecule has 0 unspecified atom stereocenters. The summed E-state index contributed by atoms with van der Waals surface area (Å²) in [6.45, 7) is 6.02. The first kappa shape index (κ1) is 11.5. The number of halogens is 1. The van der Waals surface area contributed by atoms with Crippen molar-refractivity contribution in [1.29, 1.82) is 0 Å². The molecule has 1 N–H and O–H groups in total. The molecule has 0 radical (unpaired) electrons. The van der Waals surface area contributed by atoms with E-state index in [1.807, 2.05) is 13.0 Å². The van der Waals surface area contributed by atoms with Gasteiger partial charge in [-0.3, -0.25) is 5.43 Å². The van der Waals surface area contributed by atoms with E-state index in [2.05, 4.69) is 10.4 Å². The summed E-state index contributed by atoms with van der Waals surface area (Å²) in [5, 5.41) is 2.15. The van der Waals surface area contributed by atoms with Crippen molar-refractivity contribution in [3.05, 3.63) is 35.1 Å². The highest BCUT2D eigenvalue weighted by molar-refractivity contribution is 5.26. The van der Waals surface area contributed by atoms with Crippen molar-refractivity contribution < 1.29 is 9.13 Å². The Kier molecular flexibility index (Phi) is 3.88. The Morgan fingerprint density at radius 1 is 1.38 bits per heavy atom. The van der Waals surface area contributed by atoms with E-state index in [4.69, 9.17) is 4.74 Å². The third-order valence-corrected chi connectivity index (χ3v) is 2.81. The van der Waals surface area contributed by atoms with Gasteiger partial charge < -0.3 is 4.74 Å². The first-order chi connectivity index (χ1) is 7.75. The van der Waals surface area contributed by atoms with Crippen LogP contribution >= 0.6 is 0 Å². The lowest BCUT2D eigenvalue weighted by atomic mass is 10.1. The molecule has 0 atom stereocenters. The highest BCUT2D eigenvalue weighted by Gasteiger charge is 2.09. The third-order valence-electron chi connectivity index (χ3n) is 2.81. The summed E-state index contributed by atoms with van der Waals surface area (Å²) < 4.78 is 18.2. The minimum absolute atomic E-state index is 0.173. The average Bonchev–Trinajstić information content (AvgIpc) is 2.29. The lowest BCUT2D eigenvalue weighted by Gasteiger charge is -2.27. The van der Waals surface area contributed by atoms with Crippen molar-refractivity contribution in [1.82, 2.24) is 10.4 Å². The van der Waals surface area contributed by atoms with Crippen LogP contribution in [0.5, 0.6) is 0 Å². The Hall–Kier alpha value is -0.970. The molecule has 1 aliphatic rings. The summed E-state index contributed by atoms with van der Waals surface area (Å²) in [6.07, 6.45) is 0. The predicted octanol–water partition coefficient (Wildman–Crippen LogP) is 1.47. The fraction of sp³-hybridized carbons (Fsp3) is 0.500. The summed E-state index contributed by atoms with van der Waals surface area (Å²) in [5.74, 6) is -0.173. The van der Waals surface area contributed by atoms with Crippen LogP contribution in [-0.2, 0) is 11.3 Å². The molecule has 4 heteroatoms. The highest BCUT2D eigenvalue weighted by atomic mass is 19.1. The summed E-state index contributed by atoms with van der Waals surface area (Å²) >= 11 is 0. The normalized spacial score (nSPS) is 17.6. The van der Waals surface area contributed by atoms with E-state index in [0.717, 1.165) is 44.0 Å². The van der Waals surface area contributed by atoms with Crippen LogP contribution in [0.25, 0.3) is 0 Å². The number of benzene rings is 1. The van der Waals surface area contributed by atoms with Gasteiger partial charge in [-0.15, -0.1) is 0 Å². The van der Waals surface area contributed by atoms with Gasteiger partial charge in [0.25, 0.3) is 0 Å². The van der Waals surface area contributed by atoms with Crippen LogP contribution in [0.15, 0.2) is 18.2 Å². The van der Waals surface area contributed by atoms with E-state index in [-0.39, 0.29) is 5.82 Å². The zero-order chi connectivity index (χ0) is 11.4. The lowest BCUT2D eigenvalue weighted by molar-refractivity contribution is 0.0105. The van der Waals surface area contributed by atoms with Crippen molar-refractivity contribution in [3.63, 3.8) is 0 Å². The van der Waals surface area contributed by atoms with Gasteiger partial charge >= 0.3 is 0 Å². The van der Waals surface area contributed by atoms with Gasteiger partial charge in [-0.1, -0.05) is 6.07 Å². The van der Waals surface area contributed by atoms with E-state index >= 15 is 0 Å². The maximum absolute atomic E-state index is 12.9. The topological polar surface area (TPSA) is 24.5 Å². The molecule has 0 aliphatic carbocycles. The Labute approximate surface area is 95.2 Å². The van der Waals surface area contributed by atoms with Crippen LogP contribution in [0, 0.1) is 12.7 Å². The molecule has 2 rings (SSSR count). The SMILES string of the molecule is Cc1cc(F)ccc1CNN1CCOCC1. The van der Waals surface area contributed by atoms with Gasteiger partial charge in [-0.25, -0.2) is 9.40 Å². The van der Waals surface area contributed by atoms with Gasteiger partial charge in [0.2, 0.25) is 0 Å². The van der Waals surface area contributed by atoms with E-state index in [0.29, 0.717) is 0 Å². The molecule has 1 fully saturated rings. The molecule has 0 spiro atoms. The second kappa shape index (κ2) is 5.39. The maximum Gasteiger partial charge on any atom is 0.123 e. The van der Waals surface area contributed by atoms with Crippen LogP contribution in [0.4, 0.5) is 4.39 Å². The van der Waals surface area contributed by atoms with Crippen LogP contribution in [-0.4, -0.2) is 31.3 Å². The fourth-order valence-electron chi connectivity index (χ4n) is 1.78. The molecular formula is C12H17FN2O. The van der Waals surface area contributed by atoms with Gasteiger partial charge in [-0.05, 0) is 30.2 Å². The zero-order valence-corrected chi connectivity index (χ0v) is 9.50. The molecule has 88 valence electrons. The quantitative estimate of drug-likeness (QED) is 0.841. The molecule has 0 saturated carbocycles. The minimum Gasteiger partial charge on any atom is -0.379 e. The third kappa shape index (κ3) is 3.01. The molecule has 0 amide bonds. The first-order valence-electron chi connectivity index (χ1n) is 5.57. The average molecular weight is 224 g/mol. The van der Waals surface area contributed by atoms with Crippen molar-refractivity contribution in [2.45, 2.75) is 13.5 Å². The smallest absolute Gasteiger partial charge is 0.123 e. The van der Waals surface area contributed by atoms with Gasteiger partial charge in [0.1, 0.15) is 5.82 Å². The number of hydrogen-bond donors (Lipinski definition) is 1. The number of hydrazine groups is 1. The Bertz CT molecular complexity index is 351. The number of morpholine rings is 1. The fourth-order valence-corrected chi connectivity index (χ4v) is 1.78. The summed E-state index contributed by atoms with van der Waals surface area (Å²) in [6, 6.07) is 4.90. The van der Waals surface area contributed by atoms with Gasteiger partial charge in [0.15, 0.2) is 0 Å². The second-order valence-electron chi connectivity index (χ2n) is 4.01. The number of nitrogens with zero attached hydrogens (tertiary/aromatic N) is 1. The van der Waals surface area contributed by atoms with Crippen LogP contribution < -0.4 is 5.43 Å². The number of ether oxygens (including phenoxy) is 1.